The van der Waals surface area contributed by atoms with Crippen LogP contribution in [0, 0.1) is 0 Å². The molecule has 0 atom stereocenters. The number of alkyl halides is 1. The molecule has 30 heavy (non-hydrogen) atoms. The molecule has 3 nitrogen and oxygen atoms in total. The molecule has 0 aliphatic heterocycles. The van der Waals surface area contributed by atoms with Crippen LogP contribution in [-0.4, -0.2) is 17.0 Å². The number of anilines is 1. The van der Waals surface area contributed by atoms with Crippen molar-refractivity contribution in [2.45, 2.75) is 110 Å². The predicted octanol–water partition coefficient (Wildman–Crippen LogP) is 8.46. The van der Waals surface area contributed by atoms with E-state index in [1.54, 1.807) is 12.1 Å². The zero-order valence-corrected chi connectivity index (χ0v) is 20.6. The van der Waals surface area contributed by atoms with E-state index in [2.05, 4.69) is 28.2 Å². The van der Waals surface area contributed by atoms with Crippen LogP contribution in [0.15, 0.2) is 24.3 Å². The molecule has 1 rings (SSSR count). The zero-order valence-electron chi connectivity index (χ0n) is 19.0. The molecule has 0 saturated heterocycles. The molecule has 0 aliphatic rings. The molecule has 170 valence electrons. The van der Waals surface area contributed by atoms with E-state index in [1.165, 1.54) is 83.5 Å². The van der Waals surface area contributed by atoms with E-state index >= 15 is 0 Å². The third kappa shape index (κ3) is 13.2. The molecule has 1 aromatic rings. The van der Waals surface area contributed by atoms with Crippen molar-refractivity contribution in [1.29, 1.82) is 0 Å². The van der Waals surface area contributed by atoms with Crippen molar-refractivity contribution < 1.29 is 9.59 Å². The largest absolute Gasteiger partial charge is 0.325 e. The minimum Gasteiger partial charge on any atom is -0.325 e. The first-order chi connectivity index (χ1) is 14.7. The van der Waals surface area contributed by atoms with Gasteiger partial charge in [0.25, 0.3) is 0 Å². The fourth-order valence-corrected chi connectivity index (χ4v) is 4.08. The summed E-state index contributed by atoms with van der Waals surface area (Å²) in [4.78, 5) is 24.1. The molecule has 0 heterocycles. The number of rotatable bonds is 19. The number of halogens is 1. The third-order valence-corrected chi connectivity index (χ3v) is 6.14. The summed E-state index contributed by atoms with van der Waals surface area (Å²) in [5, 5.41) is 3.16. The average molecular weight is 481 g/mol. The molecule has 0 fully saturated rings. The van der Waals surface area contributed by atoms with E-state index in [0.717, 1.165) is 12.8 Å². The minimum absolute atomic E-state index is 0.000448. The highest BCUT2D eigenvalue weighted by molar-refractivity contribution is 9.09. The van der Waals surface area contributed by atoms with Gasteiger partial charge in [-0.05, 0) is 18.6 Å². The third-order valence-electron chi connectivity index (χ3n) is 5.63. The van der Waals surface area contributed by atoms with Gasteiger partial charge < -0.3 is 5.32 Å². The lowest BCUT2D eigenvalue weighted by molar-refractivity contribution is -0.116. The van der Waals surface area contributed by atoms with E-state index in [4.69, 9.17) is 0 Å². The van der Waals surface area contributed by atoms with Crippen LogP contribution in [-0.2, 0) is 4.79 Å². The zero-order chi connectivity index (χ0) is 21.9. The van der Waals surface area contributed by atoms with Gasteiger partial charge >= 0.3 is 0 Å². The first kappa shape index (κ1) is 26.9. The Labute approximate surface area is 192 Å². The Balaban J connectivity index is 1.96. The monoisotopic (exact) mass is 479 g/mol. The van der Waals surface area contributed by atoms with Crippen molar-refractivity contribution in [2.24, 2.45) is 0 Å². The Morgan fingerprint density at radius 3 is 1.70 bits per heavy atom. The van der Waals surface area contributed by atoms with Crippen molar-refractivity contribution in [3.8, 4) is 0 Å². The predicted molar refractivity (Wildman–Crippen MR) is 133 cm³/mol. The molecule has 0 bridgehead atoms. The topological polar surface area (TPSA) is 46.2 Å². The van der Waals surface area contributed by atoms with Crippen LogP contribution < -0.4 is 5.32 Å². The summed E-state index contributed by atoms with van der Waals surface area (Å²) in [6.07, 6.45) is 20.3. The summed E-state index contributed by atoms with van der Waals surface area (Å²) in [6.45, 7) is 2.27. The van der Waals surface area contributed by atoms with Gasteiger partial charge in [-0.15, -0.1) is 0 Å². The van der Waals surface area contributed by atoms with Gasteiger partial charge in [-0.25, -0.2) is 0 Å². The van der Waals surface area contributed by atoms with E-state index < -0.39 is 0 Å². The van der Waals surface area contributed by atoms with E-state index in [-0.39, 0.29) is 17.0 Å². The number of Topliss-reactive ketones (excluding diaryl/α,β-unsaturated/α-hetero) is 1. The van der Waals surface area contributed by atoms with E-state index in [1.807, 2.05) is 12.1 Å². The van der Waals surface area contributed by atoms with Crippen molar-refractivity contribution in [3.05, 3.63) is 29.8 Å². The van der Waals surface area contributed by atoms with Crippen LogP contribution in [0.1, 0.15) is 120 Å². The quantitative estimate of drug-likeness (QED) is 0.123. The molecule has 0 saturated carbocycles. The van der Waals surface area contributed by atoms with Gasteiger partial charge in [0.15, 0.2) is 5.78 Å². The number of amides is 1. The molecule has 1 N–H and O–H groups in total. The highest BCUT2D eigenvalue weighted by Crippen LogP contribution is 2.18. The van der Waals surface area contributed by atoms with Gasteiger partial charge in [0.2, 0.25) is 5.91 Å². The smallest absolute Gasteiger partial charge is 0.224 e. The molecule has 0 radical (unpaired) electrons. The number of ketones is 1. The number of unbranched alkanes of at least 4 members (excludes halogenated alkanes) is 14. The van der Waals surface area contributed by atoms with Gasteiger partial charge in [0.1, 0.15) is 0 Å². The van der Waals surface area contributed by atoms with E-state index in [0.29, 0.717) is 17.7 Å². The average Bonchev–Trinajstić information content (AvgIpc) is 2.76. The molecular weight excluding hydrogens is 438 g/mol. The Kier molecular flexibility index (Phi) is 16.7. The first-order valence-electron chi connectivity index (χ1n) is 12.2. The Bertz CT molecular complexity index is 588. The maximum atomic E-state index is 12.2. The van der Waals surface area contributed by atoms with Crippen LogP contribution >= 0.6 is 15.9 Å². The summed E-state index contributed by atoms with van der Waals surface area (Å²) >= 11 is 3.19. The van der Waals surface area contributed by atoms with E-state index in [9.17, 15) is 9.59 Å². The number of nitrogens with one attached hydrogen (secondary N) is 1. The van der Waals surface area contributed by atoms with Crippen molar-refractivity contribution in [2.75, 3.05) is 10.6 Å². The summed E-state index contributed by atoms with van der Waals surface area (Å²) in [5.74, 6) is -0.0163. The molecule has 0 aromatic heterocycles. The standard InChI is InChI=1S/C26H42BrNO2/c1-2-3-4-5-6-7-8-9-10-11-12-13-14-15-16-21-26(30)28-24-20-18-17-19-23(24)25(29)22-27/h17-20H,2-16,21-22H2,1H3,(H,28,30). The Hall–Kier alpha value is -1.16. The lowest BCUT2D eigenvalue weighted by Crippen LogP contribution is -2.14. The lowest BCUT2D eigenvalue weighted by Gasteiger charge is -2.09. The fraction of sp³-hybridized carbons (Fsp3) is 0.692. The van der Waals surface area contributed by atoms with Gasteiger partial charge in [-0.2, -0.15) is 0 Å². The molecule has 0 spiro atoms. The fourth-order valence-electron chi connectivity index (χ4n) is 3.78. The second-order valence-electron chi connectivity index (χ2n) is 8.35. The first-order valence-corrected chi connectivity index (χ1v) is 13.3. The maximum Gasteiger partial charge on any atom is 0.224 e. The number of carbonyl (C=O) groups is 2. The Morgan fingerprint density at radius 2 is 1.20 bits per heavy atom. The van der Waals surface area contributed by atoms with Crippen LogP contribution in [0.4, 0.5) is 5.69 Å². The molecular formula is C26H42BrNO2. The second kappa shape index (κ2) is 18.6. The minimum atomic E-state index is -0.0159. The van der Waals surface area contributed by atoms with Crippen LogP contribution in [0.3, 0.4) is 0 Å². The summed E-state index contributed by atoms with van der Waals surface area (Å²) < 4.78 is 0. The Morgan fingerprint density at radius 1 is 0.733 bits per heavy atom. The molecule has 4 heteroatoms. The molecule has 0 aliphatic carbocycles. The van der Waals surface area contributed by atoms with Gasteiger partial charge in [-0.3, -0.25) is 9.59 Å². The van der Waals surface area contributed by atoms with Gasteiger partial charge in [-0.1, -0.05) is 125 Å². The van der Waals surface area contributed by atoms with Gasteiger partial charge in [0, 0.05) is 12.0 Å². The highest BCUT2D eigenvalue weighted by Gasteiger charge is 2.11. The number of benzene rings is 1. The molecule has 0 unspecified atom stereocenters. The number of hydrogen-bond acceptors (Lipinski definition) is 2. The highest BCUT2D eigenvalue weighted by atomic mass is 79.9. The van der Waals surface area contributed by atoms with Gasteiger partial charge in [0.05, 0.1) is 11.0 Å². The summed E-state index contributed by atoms with van der Waals surface area (Å²) in [7, 11) is 0. The summed E-state index contributed by atoms with van der Waals surface area (Å²) in [5.41, 5.74) is 1.19. The molecule has 1 aromatic carbocycles. The SMILES string of the molecule is CCCCCCCCCCCCCCCCCC(=O)Nc1ccccc1C(=O)CBr. The lowest BCUT2D eigenvalue weighted by atomic mass is 10.0. The van der Waals surface area contributed by atoms with Crippen molar-refractivity contribution in [1.82, 2.24) is 0 Å². The maximum absolute atomic E-state index is 12.2. The number of hydrogen-bond donors (Lipinski definition) is 1. The number of carbonyl (C=O) groups excluding carboxylic acids is 2. The normalized spacial score (nSPS) is 10.9. The van der Waals surface area contributed by atoms with Crippen LogP contribution in [0.5, 0.6) is 0 Å². The van der Waals surface area contributed by atoms with Crippen molar-refractivity contribution >= 4 is 33.3 Å². The second-order valence-corrected chi connectivity index (χ2v) is 8.91. The van der Waals surface area contributed by atoms with Crippen molar-refractivity contribution in [3.63, 3.8) is 0 Å². The molecule has 1 amide bonds. The number of para-hydroxylation sites is 1. The summed E-state index contributed by atoms with van der Waals surface area (Å²) in [6, 6.07) is 7.21. The van der Waals surface area contributed by atoms with Crippen LogP contribution in [0.2, 0.25) is 0 Å². The van der Waals surface area contributed by atoms with Crippen LogP contribution in [0.25, 0.3) is 0 Å².